The quantitative estimate of drug-likeness (QED) is 0.497. The Morgan fingerprint density at radius 3 is 2.50 bits per heavy atom. The van der Waals surface area contributed by atoms with Gasteiger partial charge in [-0.15, -0.1) is 6.58 Å². The number of nitrogens with one attached hydrogen (secondary N) is 2. The van der Waals surface area contributed by atoms with Crippen LogP contribution in [0.1, 0.15) is 5.56 Å². The maximum absolute atomic E-state index is 11.4. The van der Waals surface area contributed by atoms with E-state index in [9.17, 15) is 9.59 Å². The number of rotatable bonds is 7. The summed E-state index contributed by atoms with van der Waals surface area (Å²) < 4.78 is 0. The first-order valence-electron chi connectivity index (χ1n) is 5.54. The van der Waals surface area contributed by atoms with E-state index in [1.54, 1.807) is 30.3 Å². The molecule has 0 saturated heterocycles. The first-order valence-corrected chi connectivity index (χ1v) is 5.54. The minimum Gasteiger partial charge on any atom is -0.481 e. The molecule has 0 atom stereocenters. The van der Waals surface area contributed by atoms with Crippen molar-refractivity contribution < 1.29 is 14.7 Å². The number of hydrogen-bond donors (Lipinski definition) is 3. The third kappa shape index (κ3) is 5.27. The van der Waals surface area contributed by atoms with Crippen molar-refractivity contribution in [3.8, 4) is 0 Å². The normalized spacial score (nSPS) is 9.78. The predicted molar refractivity (Wildman–Crippen MR) is 69.5 cm³/mol. The van der Waals surface area contributed by atoms with Gasteiger partial charge < -0.3 is 15.7 Å². The zero-order chi connectivity index (χ0) is 13.4. The van der Waals surface area contributed by atoms with Gasteiger partial charge in [-0.05, 0) is 17.7 Å². The highest BCUT2D eigenvalue weighted by molar-refractivity contribution is 5.92. The Labute approximate surface area is 106 Å². The Bertz CT molecular complexity index is 426. The van der Waals surface area contributed by atoms with E-state index in [2.05, 4.69) is 17.2 Å². The van der Waals surface area contributed by atoms with Crippen molar-refractivity contribution in [2.45, 2.75) is 6.42 Å². The van der Waals surface area contributed by atoms with Crippen LogP contribution in [0.2, 0.25) is 0 Å². The summed E-state index contributed by atoms with van der Waals surface area (Å²) in [5.74, 6) is -1.02. The first kappa shape index (κ1) is 13.9. The molecule has 0 fully saturated rings. The molecule has 1 amide bonds. The number of amides is 1. The topological polar surface area (TPSA) is 78.4 Å². The van der Waals surface area contributed by atoms with Crippen LogP contribution in [0.5, 0.6) is 0 Å². The van der Waals surface area contributed by atoms with Gasteiger partial charge in [0.15, 0.2) is 0 Å². The molecular weight excluding hydrogens is 232 g/mol. The lowest BCUT2D eigenvalue weighted by Crippen LogP contribution is -2.28. The zero-order valence-corrected chi connectivity index (χ0v) is 9.98. The molecule has 1 aromatic carbocycles. The summed E-state index contributed by atoms with van der Waals surface area (Å²) in [5, 5.41) is 14.2. The lowest BCUT2D eigenvalue weighted by atomic mass is 10.1. The van der Waals surface area contributed by atoms with Crippen molar-refractivity contribution in [2.75, 3.05) is 18.4 Å². The van der Waals surface area contributed by atoms with E-state index in [1.165, 1.54) is 0 Å². The molecule has 0 saturated carbocycles. The second-order valence-electron chi connectivity index (χ2n) is 3.74. The SMILES string of the molecule is C=CCNCC(=O)Nc1ccc(CC(=O)O)cc1. The molecule has 0 spiro atoms. The van der Waals surface area contributed by atoms with E-state index in [-0.39, 0.29) is 18.9 Å². The number of aliphatic carboxylic acids is 1. The molecular formula is C13H16N2O3. The van der Waals surface area contributed by atoms with Gasteiger partial charge in [0.1, 0.15) is 0 Å². The Morgan fingerprint density at radius 2 is 1.94 bits per heavy atom. The van der Waals surface area contributed by atoms with Crippen LogP contribution < -0.4 is 10.6 Å². The molecule has 5 nitrogen and oxygen atoms in total. The summed E-state index contributed by atoms with van der Waals surface area (Å²) >= 11 is 0. The van der Waals surface area contributed by atoms with Crippen LogP contribution in [-0.4, -0.2) is 30.1 Å². The molecule has 1 rings (SSSR count). The number of hydrogen-bond acceptors (Lipinski definition) is 3. The first-order chi connectivity index (χ1) is 8.61. The zero-order valence-electron chi connectivity index (χ0n) is 9.98. The monoisotopic (exact) mass is 248 g/mol. The van der Waals surface area contributed by atoms with Crippen LogP contribution in [0.3, 0.4) is 0 Å². The van der Waals surface area contributed by atoms with Crippen molar-refractivity contribution in [1.29, 1.82) is 0 Å². The number of carbonyl (C=O) groups excluding carboxylic acids is 1. The smallest absolute Gasteiger partial charge is 0.307 e. The lowest BCUT2D eigenvalue weighted by Gasteiger charge is -2.06. The van der Waals surface area contributed by atoms with Crippen molar-refractivity contribution in [3.63, 3.8) is 0 Å². The van der Waals surface area contributed by atoms with Crippen LogP contribution in [0.4, 0.5) is 5.69 Å². The van der Waals surface area contributed by atoms with Crippen molar-refractivity contribution >= 4 is 17.6 Å². The van der Waals surface area contributed by atoms with Crippen molar-refractivity contribution in [2.24, 2.45) is 0 Å². The summed E-state index contributed by atoms with van der Waals surface area (Å²) in [4.78, 5) is 21.9. The lowest BCUT2D eigenvalue weighted by molar-refractivity contribution is -0.136. The minimum absolute atomic E-state index is 0.0187. The Hall–Kier alpha value is -2.14. The van der Waals surface area contributed by atoms with Crippen LogP contribution >= 0.6 is 0 Å². The summed E-state index contributed by atoms with van der Waals surface area (Å²) in [6.45, 7) is 4.32. The van der Waals surface area contributed by atoms with Crippen molar-refractivity contribution in [3.05, 3.63) is 42.5 Å². The molecule has 0 radical (unpaired) electrons. The van der Waals surface area contributed by atoms with Gasteiger partial charge in [-0.3, -0.25) is 9.59 Å². The Morgan fingerprint density at radius 1 is 1.28 bits per heavy atom. The molecule has 3 N–H and O–H groups in total. The van der Waals surface area contributed by atoms with E-state index in [4.69, 9.17) is 5.11 Å². The molecule has 0 aliphatic carbocycles. The highest BCUT2D eigenvalue weighted by Gasteiger charge is 2.03. The third-order valence-electron chi connectivity index (χ3n) is 2.17. The van der Waals surface area contributed by atoms with Gasteiger partial charge in [0, 0.05) is 12.2 Å². The van der Waals surface area contributed by atoms with Gasteiger partial charge in [0.05, 0.1) is 13.0 Å². The third-order valence-corrected chi connectivity index (χ3v) is 2.17. The molecule has 96 valence electrons. The highest BCUT2D eigenvalue weighted by atomic mass is 16.4. The maximum Gasteiger partial charge on any atom is 0.307 e. The largest absolute Gasteiger partial charge is 0.481 e. The van der Waals surface area contributed by atoms with Crippen LogP contribution in [-0.2, 0) is 16.0 Å². The van der Waals surface area contributed by atoms with Gasteiger partial charge in [0.25, 0.3) is 0 Å². The average molecular weight is 248 g/mol. The van der Waals surface area contributed by atoms with E-state index < -0.39 is 5.97 Å². The minimum atomic E-state index is -0.875. The van der Waals surface area contributed by atoms with Crippen LogP contribution in [0, 0.1) is 0 Å². The van der Waals surface area contributed by atoms with Gasteiger partial charge in [-0.25, -0.2) is 0 Å². The maximum atomic E-state index is 11.4. The molecule has 18 heavy (non-hydrogen) atoms. The Balaban J connectivity index is 2.45. The Kier molecular flexibility index (Phi) is 5.60. The number of anilines is 1. The summed E-state index contributed by atoms with van der Waals surface area (Å²) in [7, 11) is 0. The van der Waals surface area contributed by atoms with E-state index in [1.807, 2.05) is 0 Å². The van der Waals surface area contributed by atoms with Crippen LogP contribution in [0.15, 0.2) is 36.9 Å². The number of carboxylic acid groups (broad SMARTS) is 1. The number of carbonyl (C=O) groups is 2. The van der Waals surface area contributed by atoms with E-state index in [0.29, 0.717) is 17.8 Å². The summed E-state index contributed by atoms with van der Waals surface area (Å²) in [5.41, 5.74) is 1.35. The predicted octanol–water partition coefficient (Wildman–Crippen LogP) is 1.03. The van der Waals surface area contributed by atoms with E-state index >= 15 is 0 Å². The number of carboxylic acids is 1. The number of benzene rings is 1. The highest BCUT2D eigenvalue weighted by Crippen LogP contribution is 2.09. The van der Waals surface area contributed by atoms with Gasteiger partial charge >= 0.3 is 5.97 Å². The average Bonchev–Trinajstić information content (AvgIpc) is 2.31. The van der Waals surface area contributed by atoms with Gasteiger partial charge in [0.2, 0.25) is 5.91 Å². The van der Waals surface area contributed by atoms with Gasteiger partial charge in [-0.1, -0.05) is 18.2 Å². The second kappa shape index (κ2) is 7.24. The molecule has 0 bridgehead atoms. The molecule has 0 aliphatic rings. The fourth-order valence-corrected chi connectivity index (χ4v) is 1.37. The molecule has 1 aromatic rings. The molecule has 0 aliphatic heterocycles. The fourth-order valence-electron chi connectivity index (χ4n) is 1.37. The van der Waals surface area contributed by atoms with Crippen molar-refractivity contribution in [1.82, 2.24) is 5.32 Å². The molecule has 0 heterocycles. The molecule has 0 aromatic heterocycles. The second-order valence-corrected chi connectivity index (χ2v) is 3.74. The molecule has 5 heteroatoms. The standard InChI is InChI=1S/C13H16N2O3/c1-2-7-14-9-12(16)15-11-5-3-10(4-6-11)8-13(17)18/h2-6,14H,1,7-9H2,(H,15,16)(H,17,18). The van der Waals surface area contributed by atoms with Crippen LogP contribution in [0.25, 0.3) is 0 Å². The summed E-state index contributed by atoms with van der Waals surface area (Å²) in [6, 6.07) is 6.73. The molecule has 0 unspecified atom stereocenters. The fraction of sp³-hybridized carbons (Fsp3) is 0.231. The van der Waals surface area contributed by atoms with Gasteiger partial charge in [-0.2, -0.15) is 0 Å². The summed E-state index contributed by atoms with van der Waals surface area (Å²) in [6.07, 6.45) is 1.66. The van der Waals surface area contributed by atoms with E-state index in [0.717, 1.165) is 0 Å².